The van der Waals surface area contributed by atoms with E-state index in [-0.39, 0.29) is 24.2 Å². The smallest absolute Gasteiger partial charge is 0.310 e. The number of carbonyl (C=O) groups is 1. The Balaban J connectivity index is 3.22. The summed E-state index contributed by atoms with van der Waals surface area (Å²) >= 11 is 0. The highest BCUT2D eigenvalue weighted by Crippen LogP contribution is 2.26. The van der Waals surface area contributed by atoms with Crippen LogP contribution in [0.4, 0.5) is 0 Å². The maximum Gasteiger partial charge on any atom is 0.310 e. The van der Waals surface area contributed by atoms with Gasteiger partial charge < -0.3 is 4.74 Å². The van der Waals surface area contributed by atoms with Crippen LogP contribution in [0.2, 0.25) is 0 Å². The molecule has 4 heteroatoms. The summed E-state index contributed by atoms with van der Waals surface area (Å²) in [5.74, 6) is 1.04. The number of ether oxygens (including phenoxy) is 1. The number of hydrogen-bond acceptors (Lipinski definition) is 4. The quantitative estimate of drug-likeness (QED) is 0.789. The summed E-state index contributed by atoms with van der Waals surface area (Å²) in [6.45, 7) is 15.9. The van der Waals surface area contributed by atoms with Crippen molar-refractivity contribution in [3.63, 3.8) is 0 Å². The van der Waals surface area contributed by atoms with E-state index in [0.29, 0.717) is 0 Å². The fraction of sp³-hybridized carbons (Fsp3) is 0.706. The SMILES string of the molecule is Cc1nc(C(C)C)c(CC(=O)OC(C)(C)C)c(C(C)C)n1. The molecule has 0 atom stereocenters. The van der Waals surface area contributed by atoms with Crippen LogP contribution in [-0.2, 0) is 16.0 Å². The summed E-state index contributed by atoms with van der Waals surface area (Å²) in [5.41, 5.74) is 2.37. The first-order valence-corrected chi connectivity index (χ1v) is 7.60. The maximum absolute atomic E-state index is 12.2. The lowest BCUT2D eigenvalue weighted by atomic mass is 9.94. The molecule has 1 rings (SSSR count). The Labute approximate surface area is 128 Å². The average Bonchev–Trinajstić information content (AvgIpc) is 2.27. The van der Waals surface area contributed by atoms with Crippen molar-refractivity contribution < 1.29 is 9.53 Å². The number of hydrogen-bond donors (Lipinski definition) is 0. The minimum absolute atomic E-state index is 0.223. The van der Waals surface area contributed by atoms with Crippen LogP contribution >= 0.6 is 0 Å². The molecule has 0 spiro atoms. The molecule has 1 aromatic rings. The van der Waals surface area contributed by atoms with Crippen LogP contribution in [0.3, 0.4) is 0 Å². The predicted octanol–water partition coefficient (Wildman–Crippen LogP) is 3.92. The molecule has 0 aliphatic rings. The molecule has 0 bridgehead atoms. The van der Waals surface area contributed by atoms with Gasteiger partial charge in [-0.05, 0) is 39.5 Å². The van der Waals surface area contributed by atoms with E-state index in [9.17, 15) is 4.79 Å². The van der Waals surface area contributed by atoms with Crippen molar-refractivity contribution in [3.8, 4) is 0 Å². The lowest BCUT2D eigenvalue weighted by Gasteiger charge is -2.22. The van der Waals surface area contributed by atoms with Crippen molar-refractivity contribution in [1.29, 1.82) is 0 Å². The molecule has 118 valence electrons. The molecule has 0 aliphatic heterocycles. The highest BCUT2D eigenvalue weighted by Gasteiger charge is 2.23. The van der Waals surface area contributed by atoms with Gasteiger partial charge in [0.15, 0.2) is 0 Å². The molecule has 0 aromatic carbocycles. The van der Waals surface area contributed by atoms with Crippen LogP contribution in [0.25, 0.3) is 0 Å². The van der Waals surface area contributed by atoms with Crippen LogP contribution in [-0.4, -0.2) is 21.5 Å². The number of rotatable bonds is 4. The van der Waals surface area contributed by atoms with Gasteiger partial charge in [-0.2, -0.15) is 0 Å². The van der Waals surface area contributed by atoms with E-state index in [1.54, 1.807) is 0 Å². The van der Waals surface area contributed by atoms with Crippen molar-refractivity contribution in [1.82, 2.24) is 9.97 Å². The van der Waals surface area contributed by atoms with E-state index in [1.807, 2.05) is 27.7 Å². The van der Waals surface area contributed by atoms with E-state index in [1.165, 1.54) is 0 Å². The van der Waals surface area contributed by atoms with Gasteiger partial charge in [-0.15, -0.1) is 0 Å². The van der Waals surface area contributed by atoms with Crippen LogP contribution in [0.1, 0.15) is 83.1 Å². The summed E-state index contributed by atoms with van der Waals surface area (Å²) < 4.78 is 5.45. The predicted molar refractivity (Wildman–Crippen MR) is 84.5 cm³/mol. The molecule has 0 unspecified atom stereocenters. The molecule has 0 saturated heterocycles. The highest BCUT2D eigenvalue weighted by molar-refractivity contribution is 5.73. The number of nitrogens with zero attached hydrogens (tertiary/aromatic N) is 2. The van der Waals surface area contributed by atoms with Crippen molar-refractivity contribution in [3.05, 3.63) is 22.8 Å². The highest BCUT2D eigenvalue weighted by atomic mass is 16.6. The minimum atomic E-state index is -0.474. The summed E-state index contributed by atoms with van der Waals surface area (Å²) in [5, 5.41) is 0. The van der Waals surface area contributed by atoms with Crippen LogP contribution in [0.5, 0.6) is 0 Å². The summed E-state index contributed by atoms with van der Waals surface area (Å²) in [6, 6.07) is 0. The standard InChI is InChI=1S/C17H28N2O2/c1-10(2)15-13(9-14(20)21-17(6,7)8)16(11(3)4)19-12(5)18-15/h10-11H,9H2,1-8H3. The van der Waals surface area contributed by atoms with Gasteiger partial charge in [-0.25, -0.2) is 9.97 Å². The minimum Gasteiger partial charge on any atom is -0.460 e. The number of esters is 1. The van der Waals surface area contributed by atoms with Crippen molar-refractivity contribution in [2.75, 3.05) is 0 Å². The Morgan fingerprint density at radius 2 is 1.48 bits per heavy atom. The third kappa shape index (κ3) is 5.10. The molecule has 0 radical (unpaired) electrons. The zero-order valence-corrected chi connectivity index (χ0v) is 14.6. The molecular weight excluding hydrogens is 264 g/mol. The zero-order valence-electron chi connectivity index (χ0n) is 14.6. The lowest BCUT2D eigenvalue weighted by molar-refractivity contribution is -0.153. The van der Waals surface area contributed by atoms with Gasteiger partial charge in [0.2, 0.25) is 0 Å². The first-order valence-electron chi connectivity index (χ1n) is 7.60. The van der Waals surface area contributed by atoms with Gasteiger partial charge in [0.25, 0.3) is 0 Å². The Morgan fingerprint density at radius 1 is 1.05 bits per heavy atom. The molecule has 1 aromatic heterocycles. The third-order valence-corrected chi connectivity index (χ3v) is 3.02. The van der Waals surface area contributed by atoms with Crippen LogP contribution < -0.4 is 0 Å². The van der Waals surface area contributed by atoms with Gasteiger partial charge in [0, 0.05) is 5.56 Å². The van der Waals surface area contributed by atoms with Crippen molar-refractivity contribution >= 4 is 5.97 Å². The second-order valence-electron chi connectivity index (χ2n) is 7.09. The van der Waals surface area contributed by atoms with Crippen LogP contribution in [0, 0.1) is 6.92 Å². The molecule has 0 saturated carbocycles. The Morgan fingerprint density at radius 3 is 1.81 bits per heavy atom. The molecule has 0 amide bonds. The van der Waals surface area contributed by atoms with Gasteiger partial charge >= 0.3 is 5.97 Å². The lowest BCUT2D eigenvalue weighted by Crippen LogP contribution is -2.26. The summed E-state index contributed by atoms with van der Waals surface area (Å²) in [4.78, 5) is 21.3. The molecule has 21 heavy (non-hydrogen) atoms. The van der Waals surface area contributed by atoms with E-state index < -0.39 is 5.60 Å². The average molecular weight is 292 g/mol. The fourth-order valence-electron chi connectivity index (χ4n) is 2.30. The molecule has 1 heterocycles. The topological polar surface area (TPSA) is 52.1 Å². The summed E-state index contributed by atoms with van der Waals surface area (Å²) in [7, 11) is 0. The zero-order chi connectivity index (χ0) is 16.4. The van der Waals surface area contributed by atoms with E-state index >= 15 is 0 Å². The van der Waals surface area contributed by atoms with Gasteiger partial charge in [0.1, 0.15) is 11.4 Å². The second-order valence-corrected chi connectivity index (χ2v) is 7.09. The Hall–Kier alpha value is -1.45. The van der Waals surface area contributed by atoms with Crippen LogP contribution in [0.15, 0.2) is 0 Å². The molecule has 0 N–H and O–H groups in total. The number of carbonyl (C=O) groups excluding carboxylic acids is 1. The first-order chi connectivity index (χ1) is 9.51. The first kappa shape index (κ1) is 17.6. The summed E-state index contributed by atoms with van der Waals surface area (Å²) in [6.07, 6.45) is 0.235. The van der Waals surface area contributed by atoms with E-state index in [4.69, 9.17) is 4.74 Å². The molecule has 0 fully saturated rings. The van der Waals surface area contributed by atoms with Crippen molar-refractivity contribution in [2.24, 2.45) is 0 Å². The Kier molecular flexibility index (Phi) is 5.48. The maximum atomic E-state index is 12.2. The largest absolute Gasteiger partial charge is 0.460 e. The van der Waals surface area contributed by atoms with E-state index in [0.717, 1.165) is 22.8 Å². The molecular formula is C17H28N2O2. The molecule has 0 aliphatic carbocycles. The van der Waals surface area contributed by atoms with Gasteiger partial charge in [0.05, 0.1) is 17.8 Å². The molecule has 4 nitrogen and oxygen atoms in total. The monoisotopic (exact) mass is 292 g/mol. The normalized spacial score (nSPS) is 12.1. The second kappa shape index (κ2) is 6.54. The number of aromatic nitrogens is 2. The van der Waals surface area contributed by atoms with E-state index in [2.05, 4.69) is 37.7 Å². The fourth-order valence-corrected chi connectivity index (χ4v) is 2.30. The number of aryl methyl sites for hydroxylation is 1. The van der Waals surface area contributed by atoms with Gasteiger partial charge in [-0.1, -0.05) is 27.7 Å². The third-order valence-electron chi connectivity index (χ3n) is 3.02. The Bertz CT molecular complexity index is 485. The van der Waals surface area contributed by atoms with Crippen molar-refractivity contribution in [2.45, 2.75) is 79.2 Å². The van der Waals surface area contributed by atoms with Gasteiger partial charge in [-0.3, -0.25) is 4.79 Å².